The molecule has 1 aromatic heterocycles. The summed E-state index contributed by atoms with van der Waals surface area (Å²) in [4.78, 5) is 4.15. The fraction of sp³-hybridized carbons (Fsp3) is 0.100. The van der Waals surface area contributed by atoms with E-state index in [1.54, 1.807) is 18.2 Å². The number of nitrogens with one attached hydrogen (secondary N) is 1. The number of halogens is 2. The first kappa shape index (κ1) is 10.9. The van der Waals surface area contributed by atoms with E-state index in [0.717, 1.165) is 5.56 Å². The number of benzene rings is 1. The molecular weight excluding hydrogens is 247 g/mol. The summed E-state index contributed by atoms with van der Waals surface area (Å²) < 4.78 is 0. The molecule has 1 N–H and O–H groups in total. The highest BCUT2D eigenvalue weighted by Crippen LogP contribution is 2.26. The van der Waals surface area contributed by atoms with Crippen molar-refractivity contribution >= 4 is 23.2 Å². The fourth-order valence-electron chi connectivity index (χ4n) is 1.21. The average Bonchev–Trinajstić information content (AvgIpc) is 2.71. The second-order valence-electron chi connectivity index (χ2n) is 3.07. The summed E-state index contributed by atoms with van der Waals surface area (Å²) in [5.41, 5.74) is 0.759. The zero-order valence-corrected chi connectivity index (χ0v) is 9.55. The monoisotopic (exact) mass is 252 g/mol. The molecule has 80 valence electrons. The van der Waals surface area contributed by atoms with E-state index in [-0.39, 0.29) is 6.42 Å². The number of rotatable bonds is 2. The normalized spacial score (nSPS) is 10.1. The van der Waals surface area contributed by atoms with E-state index in [0.29, 0.717) is 21.7 Å². The van der Waals surface area contributed by atoms with Gasteiger partial charge in [-0.1, -0.05) is 23.2 Å². The summed E-state index contributed by atoms with van der Waals surface area (Å²) in [6, 6.07) is 7.12. The van der Waals surface area contributed by atoms with Gasteiger partial charge in [-0.25, -0.2) is 4.98 Å². The Labute approximate surface area is 102 Å². The zero-order chi connectivity index (χ0) is 11.5. The van der Waals surface area contributed by atoms with Gasteiger partial charge < -0.3 is 0 Å². The van der Waals surface area contributed by atoms with Crippen LogP contribution in [0.25, 0.3) is 11.4 Å². The van der Waals surface area contributed by atoms with Crippen molar-refractivity contribution in [2.75, 3.05) is 0 Å². The second-order valence-corrected chi connectivity index (χ2v) is 3.88. The Morgan fingerprint density at radius 1 is 1.31 bits per heavy atom. The highest BCUT2D eigenvalue weighted by Gasteiger charge is 2.07. The van der Waals surface area contributed by atoms with Crippen molar-refractivity contribution in [3.63, 3.8) is 0 Å². The van der Waals surface area contributed by atoms with Crippen molar-refractivity contribution in [3.8, 4) is 17.5 Å². The molecule has 0 amide bonds. The quantitative estimate of drug-likeness (QED) is 0.894. The Balaban J connectivity index is 2.36. The number of H-pyrrole nitrogens is 1. The summed E-state index contributed by atoms with van der Waals surface area (Å²) in [5, 5.41) is 16.1. The molecule has 0 fully saturated rings. The fourth-order valence-corrected chi connectivity index (χ4v) is 1.51. The Kier molecular flexibility index (Phi) is 3.09. The third-order valence-electron chi connectivity index (χ3n) is 1.96. The summed E-state index contributed by atoms with van der Waals surface area (Å²) >= 11 is 11.7. The summed E-state index contributed by atoms with van der Waals surface area (Å²) in [7, 11) is 0. The molecule has 0 spiro atoms. The Bertz CT molecular complexity index is 556. The SMILES string of the molecule is N#CCc1nc(-c2ccc(Cl)c(Cl)c2)n[nH]1. The minimum atomic E-state index is 0.203. The molecule has 0 aliphatic carbocycles. The van der Waals surface area contributed by atoms with Gasteiger partial charge in [-0.3, -0.25) is 5.10 Å². The van der Waals surface area contributed by atoms with E-state index >= 15 is 0 Å². The van der Waals surface area contributed by atoms with Gasteiger partial charge in [-0.05, 0) is 18.2 Å². The Hall–Kier alpha value is -1.57. The maximum atomic E-state index is 8.50. The molecule has 0 saturated carbocycles. The van der Waals surface area contributed by atoms with Crippen LogP contribution in [0, 0.1) is 11.3 Å². The number of hydrogen-bond acceptors (Lipinski definition) is 3. The minimum absolute atomic E-state index is 0.203. The number of nitriles is 1. The molecule has 4 nitrogen and oxygen atoms in total. The second kappa shape index (κ2) is 4.52. The lowest BCUT2D eigenvalue weighted by atomic mass is 10.2. The predicted molar refractivity (Wildman–Crippen MR) is 61.2 cm³/mol. The van der Waals surface area contributed by atoms with Crippen LogP contribution in [0.2, 0.25) is 10.0 Å². The first-order chi connectivity index (χ1) is 7.70. The lowest BCUT2D eigenvalue weighted by Gasteiger charge is -1.97. The molecule has 0 atom stereocenters. The lowest BCUT2D eigenvalue weighted by molar-refractivity contribution is 0.996. The third kappa shape index (κ3) is 2.16. The molecule has 0 unspecified atom stereocenters. The van der Waals surface area contributed by atoms with Gasteiger partial charge in [-0.2, -0.15) is 10.4 Å². The molecule has 16 heavy (non-hydrogen) atoms. The number of aromatic amines is 1. The van der Waals surface area contributed by atoms with Crippen LogP contribution in [-0.4, -0.2) is 15.2 Å². The van der Waals surface area contributed by atoms with Crippen molar-refractivity contribution in [2.45, 2.75) is 6.42 Å². The van der Waals surface area contributed by atoms with Crippen LogP contribution in [-0.2, 0) is 6.42 Å². The van der Waals surface area contributed by atoms with Crippen molar-refractivity contribution < 1.29 is 0 Å². The van der Waals surface area contributed by atoms with Crippen molar-refractivity contribution in [1.82, 2.24) is 15.2 Å². The highest BCUT2D eigenvalue weighted by molar-refractivity contribution is 6.42. The first-order valence-electron chi connectivity index (χ1n) is 4.44. The average molecular weight is 253 g/mol. The van der Waals surface area contributed by atoms with Crippen LogP contribution in [0.1, 0.15) is 5.82 Å². The molecule has 6 heteroatoms. The molecule has 0 bridgehead atoms. The van der Waals surface area contributed by atoms with E-state index in [9.17, 15) is 0 Å². The topological polar surface area (TPSA) is 65.4 Å². The Morgan fingerprint density at radius 2 is 2.12 bits per heavy atom. The van der Waals surface area contributed by atoms with Gasteiger partial charge >= 0.3 is 0 Å². The molecule has 2 aromatic rings. The molecule has 1 aromatic carbocycles. The van der Waals surface area contributed by atoms with E-state index in [1.807, 2.05) is 6.07 Å². The minimum Gasteiger partial charge on any atom is -0.262 e. The number of hydrogen-bond donors (Lipinski definition) is 1. The van der Waals surface area contributed by atoms with Crippen LogP contribution < -0.4 is 0 Å². The standard InChI is InChI=1S/C10H6Cl2N4/c11-7-2-1-6(5-8(7)12)10-14-9(3-4-13)15-16-10/h1-2,5H,3H2,(H,14,15,16). The molecule has 2 rings (SSSR count). The first-order valence-corrected chi connectivity index (χ1v) is 5.20. The van der Waals surface area contributed by atoms with Gasteiger partial charge in [0.1, 0.15) is 5.82 Å². The largest absolute Gasteiger partial charge is 0.262 e. The van der Waals surface area contributed by atoms with E-state index in [1.165, 1.54) is 0 Å². The van der Waals surface area contributed by atoms with Crippen LogP contribution >= 0.6 is 23.2 Å². The molecule has 0 saturated heterocycles. The number of nitrogens with zero attached hydrogens (tertiary/aromatic N) is 3. The molecule has 0 aliphatic heterocycles. The van der Waals surface area contributed by atoms with Crippen molar-refractivity contribution in [2.24, 2.45) is 0 Å². The summed E-state index contributed by atoms with van der Waals surface area (Å²) in [5.74, 6) is 1.03. The third-order valence-corrected chi connectivity index (χ3v) is 2.70. The van der Waals surface area contributed by atoms with Gasteiger partial charge in [0.2, 0.25) is 0 Å². The summed E-state index contributed by atoms with van der Waals surface area (Å²) in [6.07, 6.45) is 0.203. The maximum Gasteiger partial charge on any atom is 0.181 e. The van der Waals surface area contributed by atoms with E-state index in [2.05, 4.69) is 15.2 Å². The maximum absolute atomic E-state index is 8.50. The van der Waals surface area contributed by atoms with Gasteiger partial charge in [0, 0.05) is 5.56 Å². The highest BCUT2D eigenvalue weighted by atomic mass is 35.5. The zero-order valence-electron chi connectivity index (χ0n) is 8.04. The smallest absolute Gasteiger partial charge is 0.181 e. The van der Waals surface area contributed by atoms with Crippen LogP contribution in [0.5, 0.6) is 0 Å². The Morgan fingerprint density at radius 3 is 2.81 bits per heavy atom. The van der Waals surface area contributed by atoms with E-state index in [4.69, 9.17) is 28.5 Å². The summed E-state index contributed by atoms with van der Waals surface area (Å²) in [6.45, 7) is 0. The van der Waals surface area contributed by atoms with Crippen LogP contribution in [0.3, 0.4) is 0 Å². The number of aromatic nitrogens is 3. The van der Waals surface area contributed by atoms with Gasteiger partial charge in [0.25, 0.3) is 0 Å². The van der Waals surface area contributed by atoms with Crippen LogP contribution in [0.4, 0.5) is 0 Å². The molecule has 0 aliphatic rings. The molecule has 1 heterocycles. The van der Waals surface area contributed by atoms with Gasteiger partial charge in [0.15, 0.2) is 5.82 Å². The van der Waals surface area contributed by atoms with Gasteiger partial charge in [-0.15, -0.1) is 0 Å². The van der Waals surface area contributed by atoms with E-state index < -0.39 is 0 Å². The lowest BCUT2D eigenvalue weighted by Crippen LogP contribution is -1.84. The van der Waals surface area contributed by atoms with Crippen molar-refractivity contribution in [3.05, 3.63) is 34.1 Å². The predicted octanol–water partition coefficient (Wildman–Crippen LogP) is 2.84. The van der Waals surface area contributed by atoms with Crippen LogP contribution in [0.15, 0.2) is 18.2 Å². The molecular formula is C10H6Cl2N4. The molecule has 0 radical (unpaired) electrons. The van der Waals surface area contributed by atoms with Gasteiger partial charge in [0.05, 0.1) is 22.5 Å². The van der Waals surface area contributed by atoms with Crippen molar-refractivity contribution in [1.29, 1.82) is 5.26 Å².